The number of amides is 1. The summed E-state index contributed by atoms with van der Waals surface area (Å²) in [7, 11) is 0. The third-order valence-corrected chi connectivity index (χ3v) is 4.41. The molecule has 0 radical (unpaired) electrons. The molecule has 3 aromatic rings. The Bertz CT molecular complexity index is 956. The molecule has 0 aliphatic carbocycles. The molecule has 0 saturated carbocycles. The molecule has 170 valence electrons. The number of aromatic nitrogens is 1. The molecule has 7 heteroatoms. The van der Waals surface area contributed by atoms with Crippen LogP contribution in [-0.4, -0.2) is 30.0 Å². The Labute approximate surface area is 183 Å². The van der Waals surface area contributed by atoms with E-state index in [0.717, 1.165) is 24.3 Å². The molecule has 31 heavy (non-hydrogen) atoms. The second kappa shape index (κ2) is 13.5. The lowest BCUT2D eigenvalue weighted by atomic mass is 10.0. The van der Waals surface area contributed by atoms with Crippen LogP contribution in [0, 0.1) is 11.6 Å². The van der Waals surface area contributed by atoms with Crippen LogP contribution in [0.1, 0.15) is 51.0 Å². The summed E-state index contributed by atoms with van der Waals surface area (Å²) in [6.45, 7) is 8.93. The van der Waals surface area contributed by atoms with Gasteiger partial charge in [-0.1, -0.05) is 39.8 Å². The first-order valence-electron chi connectivity index (χ1n) is 10.8. The van der Waals surface area contributed by atoms with Gasteiger partial charge in [0.15, 0.2) is 0 Å². The predicted octanol–water partition coefficient (Wildman–Crippen LogP) is 4.96. The molecule has 6 N–H and O–H groups in total. The van der Waals surface area contributed by atoms with Crippen molar-refractivity contribution in [2.75, 3.05) is 13.1 Å². The van der Waals surface area contributed by atoms with Crippen molar-refractivity contribution in [3.8, 4) is 11.1 Å². The molecule has 1 unspecified atom stereocenters. The Kier molecular flexibility index (Phi) is 11.5. The number of nitrogens with one attached hydrogen (secondary N) is 2. The number of fused-ring (bicyclic) bond motifs is 1. The van der Waals surface area contributed by atoms with E-state index in [2.05, 4.69) is 10.3 Å². The summed E-state index contributed by atoms with van der Waals surface area (Å²) in [6, 6.07) is 10.3. The topological polar surface area (TPSA) is 96.9 Å². The minimum Gasteiger partial charge on any atom is -0.351 e. The third-order valence-electron chi connectivity index (χ3n) is 4.41. The fourth-order valence-electron chi connectivity index (χ4n) is 2.94. The van der Waals surface area contributed by atoms with Gasteiger partial charge in [-0.05, 0) is 49.2 Å². The van der Waals surface area contributed by atoms with Crippen molar-refractivity contribution in [3.05, 3.63) is 59.8 Å². The molecule has 0 bridgehead atoms. The van der Waals surface area contributed by atoms with Crippen molar-refractivity contribution in [1.29, 1.82) is 0 Å². The number of aromatic amines is 1. The van der Waals surface area contributed by atoms with Crippen LogP contribution < -0.4 is 16.8 Å². The molecule has 0 fully saturated rings. The van der Waals surface area contributed by atoms with Crippen LogP contribution in [0.4, 0.5) is 8.78 Å². The Morgan fingerprint density at radius 1 is 1.06 bits per heavy atom. The van der Waals surface area contributed by atoms with Crippen LogP contribution in [0.25, 0.3) is 22.0 Å². The summed E-state index contributed by atoms with van der Waals surface area (Å²) >= 11 is 0. The van der Waals surface area contributed by atoms with Gasteiger partial charge in [-0.3, -0.25) is 4.79 Å². The first-order valence-corrected chi connectivity index (χ1v) is 10.8. The molecule has 0 aliphatic rings. The van der Waals surface area contributed by atoms with Crippen molar-refractivity contribution in [2.24, 2.45) is 11.5 Å². The largest absolute Gasteiger partial charge is 0.351 e. The molecule has 0 aliphatic heterocycles. The van der Waals surface area contributed by atoms with Crippen molar-refractivity contribution >= 4 is 16.8 Å². The summed E-state index contributed by atoms with van der Waals surface area (Å²) in [5.41, 5.74) is 13.4. The van der Waals surface area contributed by atoms with E-state index in [0.29, 0.717) is 35.4 Å². The van der Waals surface area contributed by atoms with Crippen LogP contribution in [0.3, 0.4) is 0 Å². The quantitative estimate of drug-likeness (QED) is 0.425. The average Bonchev–Trinajstić information content (AvgIpc) is 3.22. The van der Waals surface area contributed by atoms with Gasteiger partial charge < -0.3 is 21.8 Å². The molecule has 1 atom stereocenters. The third kappa shape index (κ3) is 7.45. The van der Waals surface area contributed by atoms with Gasteiger partial charge in [-0.2, -0.15) is 0 Å². The lowest BCUT2D eigenvalue weighted by molar-refractivity contribution is 0.0946. The standard InChI is InChI=1S/C20H22F2N4O.2C2H6/c21-14-5-6-16(17(22)10-14)12-3-4-13-9-19(26-18(13)8-12)20(27)25-11-15(24)2-1-7-23;2*1-2/h3-6,8-10,15,26H,1-2,7,11,23-24H2,(H,25,27);2*1-2H3. The van der Waals surface area contributed by atoms with Gasteiger partial charge in [0, 0.05) is 35.1 Å². The maximum absolute atomic E-state index is 14.0. The maximum atomic E-state index is 14.0. The average molecular weight is 433 g/mol. The van der Waals surface area contributed by atoms with Gasteiger partial charge in [-0.15, -0.1) is 0 Å². The number of hydrogen-bond donors (Lipinski definition) is 4. The van der Waals surface area contributed by atoms with Gasteiger partial charge in [0.05, 0.1) is 0 Å². The molecular weight excluding hydrogens is 398 g/mol. The van der Waals surface area contributed by atoms with E-state index >= 15 is 0 Å². The number of rotatable bonds is 7. The number of nitrogens with two attached hydrogens (primary N) is 2. The van der Waals surface area contributed by atoms with Crippen molar-refractivity contribution in [3.63, 3.8) is 0 Å². The van der Waals surface area contributed by atoms with E-state index in [1.165, 1.54) is 12.1 Å². The first-order chi connectivity index (χ1) is 15.0. The number of halogens is 2. The Morgan fingerprint density at radius 2 is 1.77 bits per heavy atom. The summed E-state index contributed by atoms with van der Waals surface area (Å²) in [5.74, 6) is -1.52. The fourth-order valence-corrected chi connectivity index (χ4v) is 2.94. The van der Waals surface area contributed by atoms with E-state index < -0.39 is 11.6 Å². The highest BCUT2D eigenvalue weighted by molar-refractivity contribution is 5.98. The molecule has 1 aromatic heterocycles. The maximum Gasteiger partial charge on any atom is 0.267 e. The van der Waals surface area contributed by atoms with Crippen LogP contribution in [0.5, 0.6) is 0 Å². The molecule has 1 heterocycles. The Balaban J connectivity index is 0.00000113. The SMILES string of the molecule is CC.CC.NCCCC(N)CNC(=O)c1cc2ccc(-c3ccc(F)cc3F)cc2[nH]1. The summed E-state index contributed by atoms with van der Waals surface area (Å²) < 4.78 is 27.1. The second-order valence-corrected chi connectivity index (χ2v) is 6.51. The lowest BCUT2D eigenvalue weighted by Gasteiger charge is -2.11. The van der Waals surface area contributed by atoms with Gasteiger partial charge in [0.2, 0.25) is 0 Å². The molecule has 0 saturated heterocycles. The smallest absolute Gasteiger partial charge is 0.267 e. The monoisotopic (exact) mass is 432 g/mol. The van der Waals surface area contributed by atoms with Crippen LogP contribution in [0.15, 0.2) is 42.5 Å². The first kappa shape index (κ1) is 26.3. The predicted molar refractivity (Wildman–Crippen MR) is 125 cm³/mol. The van der Waals surface area contributed by atoms with E-state index in [1.54, 1.807) is 24.3 Å². The molecule has 2 aromatic carbocycles. The van der Waals surface area contributed by atoms with Crippen LogP contribution in [0.2, 0.25) is 0 Å². The van der Waals surface area contributed by atoms with Gasteiger partial charge in [-0.25, -0.2) is 8.78 Å². The molecule has 5 nitrogen and oxygen atoms in total. The van der Waals surface area contributed by atoms with Crippen LogP contribution in [-0.2, 0) is 0 Å². The van der Waals surface area contributed by atoms with E-state index in [-0.39, 0.29) is 11.9 Å². The minimum atomic E-state index is -0.634. The summed E-state index contributed by atoms with van der Waals surface area (Å²) in [6.07, 6.45) is 1.56. The lowest BCUT2D eigenvalue weighted by Crippen LogP contribution is -2.37. The minimum absolute atomic E-state index is 0.144. The van der Waals surface area contributed by atoms with Crippen molar-refractivity contribution < 1.29 is 13.6 Å². The highest BCUT2D eigenvalue weighted by Gasteiger charge is 2.13. The molecule has 0 spiro atoms. The fraction of sp³-hybridized carbons (Fsp3) is 0.375. The van der Waals surface area contributed by atoms with Gasteiger partial charge in [0.25, 0.3) is 5.91 Å². The summed E-state index contributed by atoms with van der Waals surface area (Å²) in [5, 5.41) is 3.61. The van der Waals surface area contributed by atoms with Crippen molar-refractivity contribution in [2.45, 2.75) is 46.6 Å². The summed E-state index contributed by atoms with van der Waals surface area (Å²) in [4.78, 5) is 15.3. The molecule has 1 amide bonds. The highest BCUT2D eigenvalue weighted by Crippen LogP contribution is 2.27. The number of hydrogen-bond acceptors (Lipinski definition) is 3. The number of H-pyrrole nitrogens is 1. The molecular formula is C24H34F2N4O. The number of benzene rings is 2. The van der Waals surface area contributed by atoms with Crippen molar-refractivity contribution in [1.82, 2.24) is 10.3 Å². The zero-order valence-electron chi connectivity index (χ0n) is 18.8. The van der Waals surface area contributed by atoms with E-state index in [1.807, 2.05) is 27.7 Å². The van der Waals surface area contributed by atoms with E-state index in [9.17, 15) is 13.6 Å². The number of carbonyl (C=O) groups is 1. The second-order valence-electron chi connectivity index (χ2n) is 6.51. The highest BCUT2D eigenvalue weighted by atomic mass is 19.1. The Hall–Kier alpha value is -2.77. The van der Waals surface area contributed by atoms with Gasteiger partial charge in [0.1, 0.15) is 17.3 Å². The normalized spacial score (nSPS) is 11.1. The van der Waals surface area contributed by atoms with E-state index in [4.69, 9.17) is 11.5 Å². The Morgan fingerprint density at radius 3 is 2.42 bits per heavy atom. The van der Waals surface area contributed by atoms with Gasteiger partial charge >= 0.3 is 0 Å². The zero-order chi connectivity index (χ0) is 23.4. The zero-order valence-corrected chi connectivity index (χ0v) is 18.8. The number of carbonyl (C=O) groups excluding carboxylic acids is 1. The molecule has 3 rings (SSSR count). The van der Waals surface area contributed by atoms with Crippen LogP contribution >= 0.6 is 0 Å².